The summed E-state index contributed by atoms with van der Waals surface area (Å²) in [7, 11) is 0.0173. The van der Waals surface area contributed by atoms with E-state index in [1.807, 2.05) is 0 Å². The number of nitrogens with one attached hydrogen (secondary N) is 1. The minimum absolute atomic E-state index is 0.0173. The largest absolute Gasteiger partial charge is 0.296 e. The standard InChI is InChI=1S/C15H32NP/c1-7-10-14(5)17(6)16-12-11-15(9-3)13(4)8-2/h8,13-16H,2,7,9-12H2,1,3-6H3. The highest BCUT2D eigenvalue weighted by atomic mass is 31.1. The van der Waals surface area contributed by atoms with Crippen LogP contribution in [0, 0.1) is 11.8 Å². The monoisotopic (exact) mass is 257 g/mol. The van der Waals surface area contributed by atoms with E-state index in [1.54, 1.807) is 0 Å². The zero-order chi connectivity index (χ0) is 13.3. The first-order chi connectivity index (χ1) is 8.06. The molecule has 1 N–H and O–H groups in total. The molecule has 0 saturated heterocycles. The second kappa shape index (κ2) is 10.1. The van der Waals surface area contributed by atoms with Crippen LogP contribution in [-0.4, -0.2) is 18.9 Å². The van der Waals surface area contributed by atoms with Crippen LogP contribution in [0.2, 0.25) is 0 Å². The van der Waals surface area contributed by atoms with Crippen LogP contribution < -0.4 is 5.09 Å². The van der Waals surface area contributed by atoms with Crippen LogP contribution >= 0.6 is 8.07 Å². The van der Waals surface area contributed by atoms with Gasteiger partial charge in [-0.3, -0.25) is 5.09 Å². The van der Waals surface area contributed by atoms with Gasteiger partial charge < -0.3 is 0 Å². The molecule has 0 aliphatic heterocycles. The maximum Gasteiger partial charge on any atom is -0.000711 e. The minimum atomic E-state index is 0.0173. The Hall–Kier alpha value is 0.130. The highest BCUT2D eigenvalue weighted by Crippen LogP contribution is 2.35. The summed E-state index contributed by atoms with van der Waals surface area (Å²) in [4.78, 5) is 0. The first-order valence-corrected chi connectivity index (χ1v) is 9.01. The maximum absolute atomic E-state index is 3.91. The van der Waals surface area contributed by atoms with Gasteiger partial charge in [-0.15, -0.1) is 6.58 Å². The molecular formula is C15H32NP. The van der Waals surface area contributed by atoms with Crippen molar-refractivity contribution in [1.29, 1.82) is 0 Å². The molecule has 0 aromatic rings. The second-order valence-electron chi connectivity index (χ2n) is 5.21. The van der Waals surface area contributed by atoms with Crippen molar-refractivity contribution >= 4 is 8.07 Å². The number of hydrogen-bond acceptors (Lipinski definition) is 1. The Kier molecular flexibility index (Phi) is 10.2. The van der Waals surface area contributed by atoms with Crippen molar-refractivity contribution in [2.45, 2.75) is 59.0 Å². The first kappa shape index (κ1) is 17.1. The van der Waals surface area contributed by atoms with Crippen molar-refractivity contribution < 1.29 is 0 Å². The van der Waals surface area contributed by atoms with Gasteiger partial charge in [0.2, 0.25) is 0 Å². The molecule has 17 heavy (non-hydrogen) atoms. The third-order valence-electron chi connectivity index (χ3n) is 3.88. The van der Waals surface area contributed by atoms with Crippen molar-refractivity contribution in [2.24, 2.45) is 11.8 Å². The summed E-state index contributed by atoms with van der Waals surface area (Å²) in [6.45, 7) is 16.7. The van der Waals surface area contributed by atoms with E-state index >= 15 is 0 Å². The molecule has 1 nitrogen and oxygen atoms in total. The van der Waals surface area contributed by atoms with Gasteiger partial charge in [-0.1, -0.05) is 46.6 Å². The van der Waals surface area contributed by atoms with Crippen molar-refractivity contribution in [3.63, 3.8) is 0 Å². The molecule has 0 amide bonds. The van der Waals surface area contributed by atoms with E-state index in [0.717, 1.165) is 11.6 Å². The quantitative estimate of drug-likeness (QED) is 0.427. The topological polar surface area (TPSA) is 12.0 Å². The number of rotatable bonds is 10. The van der Waals surface area contributed by atoms with E-state index < -0.39 is 0 Å². The number of hydrogen-bond donors (Lipinski definition) is 1. The lowest BCUT2D eigenvalue weighted by molar-refractivity contribution is 0.381. The van der Waals surface area contributed by atoms with Gasteiger partial charge in [0.1, 0.15) is 0 Å². The van der Waals surface area contributed by atoms with Gasteiger partial charge >= 0.3 is 0 Å². The summed E-state index contributed by atoms with van der Waals surface area (Å²) in [5, 5.41) is 3.74. The van der Waals surface area contributed by atoms with Gasteiger partial charge in [-0.2, -0.15) is 0 Å². The molecule has 0 radical (unpaired) electrons. The highest BCUT2D eigenvalue weighted by Gasteiger charge is 2.14. The fourth-order valence-electron chi connectivity index (χ4n) is 2.22. The molecule has 4 unspecified atom stereocenters. The van der Waals surface area contributed by atoms with Gasteiger partial charge in [-0.05, 0) is 51.6 Å². The fraction of sp³-hybridized carbons (Fsp3) is 0.867. The predicted octanol–water partition coefficient (Wildman–Crippen LogP) is 5.03. The Balaban J connectivity index is 3.84. The lowest BCUT2D eigenvalue weighted by atomic mass is 9.89. The summed E-state index contributed by atoms with van der Waals surface area (Å²) < 4.78 is 0. The lowest BCUT2D eigenvalue weighted by Crippen LogP contribution is -2.19. The van der Waals surface area contributed by atoms with E-state index in [0.29, 0.717) is 5.92 Å². The van der Waals surface area contributed by atoms with E-state index in [9.17, 15) is 0 Å². The summed E-state index contributed by atoms with van der Waals surface area (Å²) in [5.41, 5.74) is 0.854. The van der Waals surface area contributed by atoms with Crippen molar-refractivity contribution in [1.82, 2.24) is 5.09 Å². The Labute approximate surface area is 110 Å². The zero-order valence-corrected chi connectivity index (χ0v) is 13.4. The van der Waals surface area contributed by atoms with Gasteiger partial charge in [0.05, 0.1) is 0 Å². The summed E-state index contributed by atoms with van der Waals surface area (Å²) >= 11 is 0. The first-order valence-electron chi connectivity index (χ1n) is 7.15. The molecule has 0 fully saturated rings. The van der Waals surface area contributed by atoms with Crippen LogP contribution in [0.25, 0.3) is 0 Å². The highest BCUT2D eigenvalue weighted by molar-refractivity contribution is 7.55. The molecule has 0 heterocycles. The normalized spacial score (nSPS) is 18.4. The SMILES string of the molecule is C=CC(C)C(CC)CCNP(C)C(C)CCC. The third-order valence-corrected chi connectivity index (χ3v) is 6.19. The molecule has 0 aliphatic carbocycles. The Bertz CT molecular complexity index is 193. The summed E-state index contributed by atoms with van der Waals surface area (Å²) in [5.74, 6) is 1.45. The van der Waals surface area contributed by atoms with Crippen LogP contribution in [0.3, 0.4) is 0 Å². The van der Waals surface area contributed by atoms with Crippen LogP contribution in [0.15, 0.2) is 12.7 Å². The lowest BCUT2D eigenvalue weighted by Gasteiger charge is -2.24. The van der Waals surface area contributed by atoms with E-state index in [1.165, 1.54) is 32.2 Å². The smallest absolute Gasteiger partial charge is 0.000711 e. The van der Waals surface area contributed by atoms with Crippen LogP contribution in [0.4, 0.5) is 0 Å². The fourth-order valence-corrected chi connectivity index (χ4v) is 3.66. The average molecular weight is 257 g/mol. The summed E-state index contributed by atoms with van der Waals surface area (Å²) in [6.07, 6.45) is 7.31. The minimum Gasteiger partial charge on any atom is -0.296 e. The molecular weight excluding hydrogens is 225 g/mol. The zero-order valence-electron chi connectivity index (χ0n) is 12.5. The van der Waals surface area contributed by atoms with Gasteiger partial charge in [-0.25, -0.2) is 0 Å². The van der Waals surface area contributed by atoms with Crippen molar-refractivity contribution in [3.05, 3.63) is 12.7 Å². The predicted molar refractivity (Wildman–Crippen MR) is 83.0 cm³/mol. The molecule has 0 rings (SSSR count). The molecule has 0 aliphatic rings. The van der Waals surface area contributed by atoms with E-state index in [-0.39, 0.29) is 8.07 Å². The van der Waals surface area contributed by atoms with Gasteiger partial charge in [0, 0.05) is 0 Å². The van der Waals surface area contributed by atoms with Crippen molar-refractivity contribution in [2.75, 3.05) is 13.2 Å². The molecule has 0 spiro atoms. The Morgan fingerprint density at radius 2 is 1.88 bits per heavy atom. The van der Waals surface area contributed by atoms with Gasteiger partial charge in [0.15, 0.2) is 0 Å². The maximum atomic E-state index is 3.91. The summed E-state index contributed by atoms with van der Waals surface area (Å²) in [6, 6.07) is 0. The van der Waals surface area contributed by atoms with E-state index in [4.69, 9.17) is 0 Å². The molecule has 0 bridgehead atoms. The third kappa shape index (κ3) is 7.21. The van der Waals surface area contributed by atoms with Crippen LogP contribution in [-0.2, 0) is 0 Å². The van der Waals surface area contributed by atoms with E-state index in [2.05, 4.69) is 52.1 Å². The molecule has 0 aromatic heterocycles. The average Bonchev–Trinajstić information content (AvgIpc) is 2.33. The molecule has 102 valence electrons. The van der Waals surface area contributed by atoms with Gasteiger partial charge in [0.25, 0.3) is 0 Å². The number of allylic oxidation sites excluding steroid dienone is 1. The van der Waals surface area contributed by atoms with Crippen LogP contribution in [0.1, 0.15) is 53.4 Å². The molecule has 4 atom stereocenters. The molecule has 0 saturated carbocycles. The Morgan fingerprint density at radius 3 is 2.35 bits per heavy atom. The Morgan fingerprint density at radius 1 is 1.24 bits per heavy atom. The van der Waals surface area contributed by atoms with Crippen molar-refractivity contribution in [3.8, 4) is 0 Å². The van der Waals surface area contributed by atoms with Crippen LogP contribution in [0.5, 0.6) is 0 Å². The second-order valence-corrected chi connectivity index (χ2v) is 7.63. The molecule has 2 heteroatoms. The molecule has 0 aromatic carbocycles.